The van der Waals surface area contributed by atoms with Crippen LogP contribution in [0.4, 0.5) is 0 Å². The Morgan fingerprint density at radius 2 is 1.50 bits per heavy atom. The summed E-state index contributed by atoms with van der Waals surface area (Å²) in [4.78, 5) is 13.2. The summed E-state index contributed by atoms with van der Waals surface area (Å²) in [5, 5.41) is 0.542. The van der Waals surface area contributed by atoms with E-state index < -0.39 is 0 Å². The molecule has 0 spiro atoms. The van der Waals surface area contributed by atoms with Gasteiger partial charge in [0.2, 0.25) is 5.75 Å². The average molecular weight is 369 g/mol. The van der Waals surface area contributed by atoms with E-state index in [1.54, 1.807) is 32.0 Å². The first kappa shape index (κ1) is 18.4. The van der Waals surface area contributed by atoms with Gasteiger partial charge >= 0.3 is 0 Å². The van der Waals surface area contributed by atoms with E-state index in [1.807, 2.05) is 0 Å². The summed E-state index contributed by atoms with van der Waals surface area (Å²) in [6, 6.07) is 5.14. The molecular weight excluding hydrogens is 351 g/mol. The molecule has 0 aliphatic carbocycles. The lowest BCUT2D eigenvalue weighted by Gasteiger charge is -2.18. The second-order valence-corrected chi connectivity index (χ2v) is 6.00. The minimum atomic E-state index is -0.282. The fraction of sp³-hybridized carbons (Fsp3) is 0.278. The molecule has 0 aromatic heterocycles. The lowest BCUT2D eigenvalue weighted by Crippen LogP contribution is -2.11. The van der Waals surface area contributed by atoms with Crippen molar-refractivity contribution in [3.63, 3.8) is 0 Å². The molecule has 4 nitrogen and oxygen atoms in total. The van der Waals surface area contributed by atoms with Crippen molar-refractivity contribution in [3.8, 4) is 17.2 Å². The van der Waals surface area contributed by atoms with E-state index in [4.69, 9.17) is 37.4 Å². The zero-order valence-corrected chi connectivity index (χ0v) is 15.6. The minimum Gasteiger partial charge on any atom is -0.493 e. The van der Waals surface area contributed by atoms with Crippen molar-refractivity contribution >= 4 is 29.0 Å². The van der Waals surface area contributed by atoms with E-state index in [9.17, 15) is 4.79 Å². The van der Waals surface area contributed by atoms with Gasteiger partial charge in [-0.3, -0.25) is 4.79 Å². The number of ether oxygens (including phenoxy) is 3. The first-order chi connectivity index (χ1) is 11.4. The number of benzene rings is 2. The summed E-state index contributed by atoms with van der Waals surface area (Å²) in [5.41, 5.74) is 2.12. The number of hydrogen-bond acceptors (Lipinski definition) is 4. The SMILES string of the molecule is COc1cc(C)c(C(=O)c2c(C)ccc(Cl)c2Cl)c(OC)c1OC. The highest BCUT2D eigenvalue weighted by Gasteiger charge is 2.27. The smallest absolute Gasteiger partial charge is 0.204 e. The Labute approximate surface area is 151 Å². The maximum absolute atomic E-state index is 13.2. The molecule has 24 heavy (non-hydrogen) atoms. The van der Waals surface area contributed by atoms with Gasteiger partial charge in [-0.1, -0.05) is 29.3 Å². The van der Waals surface area contributed by atoms with Crippen molar-refractivity contribution in [3.05, 3.63) is 50.5 Å². The van der Waals surface area contributed by atoms with Gasteiger partial charge in [0.25, 0.3) is 0 Å². The zero-order chi connectivity index (χ0) is 18.0. The van der Waals surface area contributed by atoms with Crippen LogP contribution in [0.3, 0.4) is 0 Å². The summed E-state index contributed by atoms with van der Waals surface area (Å²) in [5.74, 6) is 0.854. The average Bonchev–Trinajstić information content (AvgIpc) is 2.56. The van der Waals surface area contributed by atoms with Crippen LogP contribution in [-0.4, -0.2) is 27.1 Å². The van der Waals surface area contributed by atoms with Crippen LogP contribution in [0.15, 0.2) is 18.2 Å². The van der Waals surface area contributed by atoms with Gasteiger partial charge in [-0.2, -0.15) is 0 Å². The Kier molecular flexibility index (Phi) is 5.62. The third-order valence-corrected chi connectivity index (χ3v) is 4.59. The molecule has 0 saturated carbocycles. The van der Waals surface area contributed by atoms with Gasteiger partial charge in [0.15, 0.2) is 17.3 Å². The number of carbonyl (C=O) groups excluding carboxylic acids is 1. The second-order valence-electron chi connectivity index (χ2n) is 5.22. The van der Waals surface area contributed by atoms with E-state index in [-0.39, 0.29) is 10.8 Å². The van der Waals surface area contributed by atoms with E-state index >= 15 is 0 Å². The standard InChI is InChI=1S/C18H18Cl2O4/c1-9-6-7-11(19)15(20)13(9)16(21)14-10(2)8-12(22-3)17(23-4)18(14)24-5/h6-8H,1-5H3. The van der Waals surface area contributed by atoms with Crippen molar-refractivity contribution in [2.75, 3.05) is 21.3 Å². The maximum Gasteiger partial charge on any atom is 0.204 e. The first-order valence-electron chi connectivity index (χ1n) is 7.16. The molecule has 0 N–H and O–H groups in total. The molecule has 0 saturated heterocycles. The molecule has 2 aromatic carbocycles. The predicted molar refractivity (Wildman–Crippen MR) is 95.5 cm³/mol. The lowest BCUT2D eigenvalue weighted by atomic mass is 9.94. The van der Waals surface area contributed by atoms with Crippen molar-refractivity contribution in [2.24, 2.45) is 0 Å². The van der Waals surface area contributed by atoms with E-state index in [1.165, 1.54) is 21.3 Å². The molecule has 0 radical (unpaired) electrons. The van der Waals surface area contributed by atoms with Crippen molar-refractivity contribution in [1.82, 2.24) is 0 Å². The van der Waals surface area contributed by atoms with Crippen LogP contribution in [0, 0.1) is 13.8 Å². The van der Waals surface area contributed by atoms with E-state index in [0.29, 0.717) is 39.0 Å². The molecule has 0 amide bonds. The molecule has 2 rings (SSSR count). The number of hydrogen-bond donors (Lipinski definition) is 0. The van der Waals surface area contributed by atoms with Crippen LogP contribution in [0.5, 0.6) is 17.2 Å². The van der Waals surface area contributed by atoms with Gasteiger partial charge < -0.3 is 14.2 Å². The Morgan fingerprint density at radius 1 is 0.875 bits per heavy atom. The van der Waals surface area contributed by atoms with Crippen molar-refractivity contribution in [1.29, 1.82) is 0 Å². The van der Waals surface area contributed by atoms with Gasteiger partial charge in [0.1, 0.15) is 0 Å². The number of carbonyl (C=O) groups is 1. The summed E-state index contributed by atoms with van der Waals surface area (Å²) in [6.45, 7) is 3.60. The molecule has 0 fully saturated rings. The highest BCUT2D eigenvalue weighted by Crippen LogP contribution is 2.43. The monoisotopic (exact) mass is 368 g/mol. The molecule has 0 aliphatic rings. The van der Waals surface area contributed by atoms with E-state index in [2.05, 4.69) is 0 Å². The van der Waals surface area contributed by atoms with Crippen LogP contribution in [0.2, 0.25) is 10.0 Å². The molecule has 0 heterocycles. The second kappa shape index (κ2) is 7.32. The molecule has 0 bridgehead atoms. The lowest BCUT2D eigenvalue weighted by molar-refractivity contribution is 0.103. The quantitative estimate of drug-likeness (QED) is 0.706. The van der Waals surface area contributed by atoms with Crippen LogP contribution in [0.25, 0.3) is 0 Å². The Morgan fingerprint density at radius 3 is 2.04 bits per heavy atom. The van der Waals surface area contributed by atoms with Gasteiger partial charge in [0.05, 0.1) is 36.9 Å². The number of halogens is 2. The number of methoxy groups -OCH3 is 3. The van der Waals surface area contributed by atoms with Crippen LogP contribution in [0.1, 0.15) is 27.0 Å². The largest absolute Gasteiger partial charge is 0.493 e. The summed E-state index contributed by atoms with van der Waals surface area (Å²) in [6.07, 6.45) is 0. The molecule has 128 valence electrons. The Bertz CT molecular complexity index is 800. The number of aryl methyl sites for hydroxylation is 2. The first-order valence-corrected chi connectivity index (χ1v) is 7.91. The molecule has 2 aromatic rings. The molecule has 0 atom stereocenters. The Hall–Kier alpha value is -1.91. The third-order valence-electron chi connectivity index (χ3n) is 3.78. The van der Waals surface area contributed by atoms with Crippen LogP contribution in [-0.2, 0) is 0 Å². The molecular formula is C18H18Cl2O4. The van der Waals surface area contributed by atoms with Crippen LogP contribution >= 0.6 is 23.2 Å². The Balaban J connectivity index is 2.78. The van der Waals surface area contributed by atoms with Gasteiger partial charge in [-0.15, -0.1) is 0 Å². The third kappa shape index (κ3) is 3.04. The number of ketones is 1. The zero-order valence-electron chi connectivity index (χ0n) is 14.1. The van der Waals surface area contributed by atoms with Gasteiger partial charge in [-0.05, 0) is 37.1 Å². The van der Waals surface area contributed by atoms with Gasteiger partial charge in [-0.25, -0.2) is 0 Å². The number of rotatable bonds is 5. The normalized spacial score (nSPS) is 10.5. The maximum atomic E-state index is 13.2. The highest BCUT2D eigenvalue weighted by atomic mass is 35.5. The van der Waals surface area contributed by atoms with Gasteiger partial charge in [0, 0.05) is 5.56 Å². The van der Waals surface area contributed by atoms with Crippen molar-refractivity contribution < 1.29 is 19.0 Å². The topological polar surface area (TPSA) is 44.8 Å². The molecule has 0 unspecified atom stereocenters. The fourth-order valence-electron chi connectivity index (χ4n) is 2.61. The predicted octanol–water partition coefficient (Wildman–Crippen LogP) is 4.87. The highest BCUT2D eigenvalue weighted by molar-refractivity contribution is 6.44. The minimum absolute atomic E-state index is 0.220. The molecule has 6 heteroatoms. The summed E-state index contributed by atoms with van der Waals surface area (Å²) >= 11 is 12.4. The van der Waals surface area contributed by atoms with E-state index in [0.717, 1.165) is 5.56 Å². The van der Waals surface area contributed by atoms with Crippen molar-refractivity contribution in [2.45, 2.75) is 13.8 Å². The molecule has 0 aliphatic heterocycles. The summed E-state index contributed by atoms with van der Waals surface area (Å²) < 4.78 is 16.1. The van der Waals surface area contributed by atoms with Crippen LogP contribution < -0.4 is 14.2 Å². The fourth-order valence-corrected chi connectivity index (χ4v) is 3.07. The summed E-state index contributed by atoms with van der Waals surface area (Å²) in [7, 11) is 4.48.